The second-order valence-corrected chi connectivity index (χ2v) is 6.32. The molecule has 0 fully saturated rings. The fraction of sp³-hybridized carbons (Fsp3) is 0. The molecule has 0 amide bonds. The van der Waals surface area contributed by atoms with E-state index >= 15 is 0 Å². The fourth-order valence-electron chi connectivity index (χ4n) is 2.26. The largest absolute Gasteiger partial charge is 0.252 e. The number of rotatable bonds is 2. The molecule has 1 aromatic heterocycles. The lowest BCUT2D eigenvalue weighted by Gasteiger charge is -2.13. The maximum Gasteiger partial charge on any atom is 0.142 e. The summed E-state index contributed by atoms with van der Waals surface area (Å²) in [6, 6.07) is 11.7. The Morgan fingerprint density at radius 1 is 0.739 bits per heavy atom. The van der Waals surface area contributed by atoms with E-state index < -0.39 is 5.82 Å². The summed E-state index contributed by atoms with van der Waals surface area (Å²) in [5.41, 5.74) is 2.12. The maximum absolute atomic E-state index is 13.8. The summed E-state index contributed by atoms with van der Waals surface area (Å²) in [4.78, 5) is 4.18. The van der Waals surface area contributed by atoms with Crippen LogP contribution in [-0.2, 0) is 0 Å². The van der Waals surface area contributed by atoms with Gasteiger partial charge in [0.25, 0.3) is 0 Å². The molecule has 0 unspecified atom stereocenters. The van der Waals surface area contributed by atoms with Crippen LogP contribution in [0.3, 0.4) is 0 Å². The normalized spacial score (nSPS) is 10.8. The number of nitrogens with zero attached hydrogens (tertiary/aromatic N) is 1. The Balaban J connectivity index is 2.32. The Hall–Kier alpha value is -1.32. The molecule has 0 saturated heterocycles. The van der Waals surface area contributed by atoms with E-state index in [0.717, 1.165) is 6.20 Å². The Bertz CT molecular complexity index is 896. The Kier molecular flexibility index (Phi) is 4.79. The molecule has 3 aromatic rings. The summed E-state index contributed by atoms with van der Waals surface area (Å²) < 4.78 is 13.8. The van der Waals surface area contributed by atoms with Crippen molar-refractivity contribution in [1.29, 1.82) is 0 Å². The van der Waals surface area contributed by atoms with Crippen LogP contribution in [0.4, 0.5) is 4.39 Å². The van der Waals surface area contributed by atoms with Gasteiger partial charge in [-0.2, -0.15) is 0 Å². The number of aromatic nitrogens is 1. The standard InChI is InChI=1S/C17H8Cl4FN/c18-13-5-1-3-10(15(13)20)12-7-9(22)8-23-17(12)11-4-2-6-14(19)16(11)21/h1-8H. The van der Waals surface area contributed by atoms with Crippen LogP contribution in [0.1, 0.15) is 0 Å². The van der Waals surface area contributed by atoms with Gasteiger partial charge in [-0.1, -0.05) is 70.7 Å². The van der Waals surface area contributed by atoms with E-state index in [9.17, 15) is 4.39 Å². The molecule has 2 aromatic carbocycles. The second kappa shape index (κ2) is 6.66. The van der Waals surface area contributed by atoms with Crippen molar-refractivity contribution in [2.24, 2.45) is 0 Å². The van der Waals surface area contributed by atoms with Crippen LogP contribution in [0.15, 0.2) is 48.7 Å². The molecule has 0 atom stereocenters. The van der Waals surface area contributed by atoms with Gasteiger partial charge in [0.15, 0.2) is 0 Å². The Labute approximate surface area is 152 Å². The van der Waals surface area contributed by atoms with Gasteiger partial charge in [-0.15, -0.1) is 0 Å². The molecule has 3 rings (SSSR count). The molecule has 0 aliphatic carbocycles. The van der Waals surface area contributed by atoms with Crippen LogP contribution >= 0.6 is 46.4 Å². The van der Waals surface area contributed by atoms with E-state index in [1.54, 1.807) is 36.4 Å². The molecule has 6 heteroatoms. The van der Waals surface area contributed by atoms with Gasteiger partial charge in [-0.25, -0.2) is 4.39 Å². The highest BCUT2D eigenvalue weighted by Crippen LogP contribution is 2.41. The van der Waals surface area contributed by atoms with E-state index in [4.69, 9.17) is 46.4 Å². The highest BCUT2D eigenvalue weighted by molar-refractivity contribution is 6.44. The third-order valence-electron chi connectivity index (χ3n) is 3.30. The van der Waals surface area contributed by atoms with Crippen molar-refractivity contribution in [3.8, 4) is 22.4 Å². The van der Waals surface area contributed by atoms with Crippen molar-refractivity contribution >= 4 is 46.4 Å². The molecule has 0 N–H and O–H groups in total. The fourth-order valence-corrected chi connectivity index (χ4v) is 3.05. The molecule has 0 aliphatic rings. The third kappa shape index (κ3) is 3.17. The summed E-state index contributed by atoms with van der Waals surface area (Å²) in [5, 5.41) is 1.42. The van der Waals surface area contributed by atoms with Crippen molar-refractivity contribution in [2.45, 2.75) is 0 Å². The Morgan fingerprint density at radius 2 is 1.30 bits per heavy atom. The van der Waals surface area contributed by atoms with E-state index in [0.29, 0.717) is 42.5 Å². The predicted molar refractivity (Wildman–Crippen MR) is 95.1 cm³/mol. The monoisotopic (exact) mass is 385 g/mol. The molecule has 1 heterocycles. The van der Waals surface area contributed by atoms with Crippen LogP contribution in [0.25, 0.3) is 22.4 Å². The lowest BCUT2D eigenvalue weighted by molar-refractivity contribution is 0.622. The summed E-state index contributed by atoms with van der Waals surface area (Å²) in [6.07, 6.45) is 1.12. The van der Waals surface area contributed by atoms with Crippen molar-refractivity contribution in [3.63, 3.8) is 0 Å². The van der Waals surface area contributed by atoms with Gasteiger partial charge in [0.1, 0.15) is 5.82 Å². The van der Waals surface area contributed by atoms with Crippen LogP contribution < -0.4 is 0 Å². The zero-order chi connectivity index (χ0) is 16.6. The van der Waals surface area contributed by atoms with Crippen LogP contribution in [-0.4, -0.2) is 4.98 Å². The first-order valence-corrected chi connectivity index (χ1v) is 8.04. The molecule has 0 saturated carbocycles. The summed E-state index contributed by atoms with van der Waals surface area (Å²) in [5.74, 6) is -0.488. The highest BCUT2D eigenvalue weighted by Gasteiger charge is 2.17. The van der Waals surface area contributed by atoms with Gasteiger partial charge >= 0.3 is 0 Å². The average Bonchev–Trinajstić information content (AvgIpc) is 2.53. The quantitative estimate of drug-likeness (QED) is 0.454. The first-order chi connectivity index (χ1) is 11.0. The molecule has 0 radical (unpaired) electrons. The predicted octanol–water partition coefficient (Wildman–Crippen LogP) is 7.17. The van der Waals surface area contributed by atoms with E-state index in [-0.39, 0.29) is 0 Å². The van der Waals surface area contributed by atoms with Gasteiger partial charge in [-0.3, -0.25) is 4.98 Å². The Morgan fingerprint density at radius 3 is 1.96 bits per heavy atom. The van der Waals surface area contributed by atoms with Crippen molar-refractivity contribution in [1.82, 2.24) is 4.98 Å². The molecule has 0 spiro atoms. The molecule has 23 heavy (non-hydrogen) atoms. The van der Waals surface area contributed by atoms with Gasteiger partial charge < -0.3 is 0 Å². The molecular formula is C17H8Cl4FN. The number of pyridine rings is 1. The van der Waals surface area contributed by atoms with Gasteiger partial charge in [0, 0.05) is 16.7 Å². The smallest absolute Gasteiger partial charge is 0.142 e. The molecule has 1 nitrogen and oxygen atoms in total. The van der Waals surface area contributed by atoms with E-state index in [2.05, 4.69) is 4.98 Å². The van der Waals surface area contributed by atoms with Crippen LogP contribution in [0, 0.1) is 5.82 Å². The molecule has 0 aliphatic heterocycles. The van der Waals surface area contributed by atoms with Crippen molar-refractivity contribution in [3.05, 3.63) is 74.6 Å². The topological polar surface area (TPSA) is 12.9 Å². The third-order valence-corrected chi connectivity index (χ3v) is 4.94. The SMILES string of the molecule is Fc1cnc(-c2cccc(Cl)c2Cl)c(-c2cccc(Cl)c2Cl)c1. The minimum Gasteiger partial charge on any atom is -0.252 e. The van der Waals surface area contributed by atoms with Crippen molar-refractivity contribution < 1.29 is 4.39 Å². The average molecular weight is 387 g/mol. The number of halogens is 5. The highest BCUT2D eigenvalue weighted by atomic mass is 35.5. The van der Waals surface area contributed by atoms with E-state index in [1.807, 2.05) is 0 Å². The van der Waals surface area contributed by atoms with Crippen molar-refractivity contribution in [2.75, 3.05) is 0 Å². The molecule has 116 valence electrons. The van der Waals surface area contributed by atoms with Crippen LogP contribution in [0.5, 0.6) is 0 Å². The number of hydrogen-bond acceptors (Lipinski definition) is 1. The lowest BCUT2D eigenvalue weighted by atomic mass is 9.99. The first-order valence-electron chi connectivity index (χ1n) is 6.53. The lowest BCUT2D eigenvalue weighted by Crippen LogP contribution is -1.93. The minimum absolute atomic E-state index is 0.320. The van der Waals surface area contributed by atoms with Gasteiger partial charge in [0.05, 0.1) is 32.0 Å². The number of hydrogen-bond donors (Lipinski definition) is 0. The van der Waals surface area contributed by atoms with E-state index in [1.165, 1.54) is 6.07 Å². The molecular weight excluding hydrogens is 379 g/mol. The zero-order valence-electron chi connectivity index (χ0n) is 11.5. The summed E-state index contributed by atoms with van der Waals surface area (Å²) >= 11 is 24.7. The van der Waals surface area contributed by atoms with Gasteiger partial charge in [-0.05, 0) is 18.2 Å². The first kappa shape index (κ1) is 16.5. The number of benzene rings is 2. The molecule has 0 bridgehead atoms. The second-order valence-electron chi connectivity index (χ2n) is 4.75. The summed E-state index contributed by atoms with van der Waals surface area (Å²) in [7, 11) is 0. The van der Waals surface area contributed by atoms with Crippen LogP contribution in [0.2, 0.25) is 20.1 Å². The summed E-state index contributed by atoms with van der Waals surface area (Å²) in [6.45, 7) is 0. The van der Waals surface area contributed by atoms with Gasteiger partial charge in [0.2, 0.25) is 0 Å². The maximum atomic E-state index is 13.8. The zero-order valence-corrected chi connectivity index (χ0v) is 14.5. The minimum atomic E-state index is -0.488.